The molecule has 1 radical (unpaired) electrons. The maximum Gasteiger partial charge on any atom is 0.0868 e. The van der Waals surface area contributed by atoms with E-state index < -0.39 is 0 Å². The summed E-state index contributed by atoms with van der Waals surface area (Å²) in [5.41, 5.74) is 12.6. The van der Waals surface area contributed by atoms with Crippen molar-refractivity contribution in [3.8, 4) is 33.4 Å². The van der Waals surface area contributed by atoms with Gasteiger partial charge in [0.2, 0.25) is 0 Å². The summed E-state index contributed by atoms with van der Waals surface area (Å²) >= 11 is 0. The standard InChI is InChI=1S/C50H41N3O.Y/c1-51-46-31-30-38(32-48(46)53(3)54)50-43-24-14-12-22-41(43)49(42-23-13-15-25-44(42)50)37-28-26-36(27-29-37)47(52-2)33-45(35-18-8-5-9-19-35)40-21-11-10-20-39(40)34-16-6-4-7-17-34;/h4-33,45,51,54H,2H2,1,3H3;/b47-33-;. The number of nitrogens with one attached hydrogen (secondary N) is 1. The third kappa shape index (κ3) is 7.42. The first-order valence-corrected chi connectivity index (χ1v) is 18.2. The van der Waals surface area contributed by atoms with Crippen molar-refractivity contribution < 1.29 is 37.9 Å². The first-order chi connectivity index (χ1) is 26.6. The number of nitrogens with zero attached hydrogens (tertiary/aromatic N) is 2. The van der Waals surface area contributed by atoms with Gasteiger partial charge in [0.1, 0.15) is 0 Å². The molecule has 55 heavy (non-hydrogen) atoms. The van der Waals surface area contributed by atoms with E-state index in [1.165, 1.54) is 32.9 Å². The van der Waals surface area contributed by atoms with E-state index in [0.29, 0.717) is 5.69 Å². The Bertz CT molecular complexity index is 2580. The van der Waals surface area contributed by atoms with Gasteiger partial charge in [-0.2, -0.15) is 0 Å². The Morgan fingerprint density at radius 1 is 0.618 bits per heavy atom. The molecular weight excluding hydrogens is 747 g/mol. The molecule has 0 spiro atoms. The van der Waals surface area contributed by atoms with Gasteiger partial charge < -0.3 is 5.32 Å². The number of hydrogen-bond acceptors (Lipinski definition) is 4. The molecule has 4 nitrogen and oxygen atoms in total. The molecular formula is C50H41N3OY. The third-order valence-electron chi connectivity index (χ3n) is 10.3. The van der Waals surface area contributed by atoms with Crippen molar-refractivity contribution in [3.63, 3.8) is 0 Å². The number of aliphatic imine (C=N–C) groups is 1. The van der Waals surface area contributed by atoms with Gasteiger partial charge in [-0.1, -0.05) is 164 Å². The average Bonchev–Trinajstić information content (AvgIpc) is 3.24. The second-order valence-electron chi connectivity index (χ2n) is 13.5. The van der Waals surface area contributed by atoms with E-state index in [-0.39, 0.29) is 38.6 Å². The number of benzene rings is 8. The predicted molar refractivity (Wildman–Crippen MR) is 230 cm³/mol. The number of hydrogen-bond donors (Lipinski definition) is 2. The number of fused-ring (bicyclic) bond motifs is 2. The average molecular weight is 789 g/mol. The zero-order valence-corrected chi connectivity index (χ0v) is 33.9. The molecule has 0 aliphatic rings. The van der Waals surface area contributed by atoms with Gasteiger partial charge in [0.15, 0.2) is 0 Å². The second-order valence-corrected chi connectivity index (χ2v) is 13.5. The van der Waals surface area contributed by atoms with Crippen molar-refractivity contribution in [2.24, 2.45) is 4.99 Å². The number of allylic oxidation sites excluding steroid dienone is 1. The van der Waals surface area contributed by atoms with E-state index in [9.17, 15) is 5.21 Å². The van der Waals surface area contributed by atoms with E-state index in [4.69, 9.17) is 0 Å². The van der Waals surface area contributed by atoms with Crippen molar-refractivity contribution in [1.82, 2.24) is 0 Å². The molecule has 0 aromatic heterocycles. The zero-order valence-electron chi connectivity index (χ0n) is 31.0. The maximum atomic E-state index is 10.5. The van der Waals surface area contributed by atoms with E-state index in [1.54, 1.807) is 7.05 Å². The molecule has 8 rings (SSSR count). The van der Waals surface area contributed by atoms with E-state index >= 15 is 0 Å². The number of rotatable bonds is 10. The Hall–Kier alpha value is -5.65. The summed E-state index contributed by atoms with van der Waals surface area (Å²) in [6.45, 7) is 4.05. The minimum absolute atomic E-state index is 0. The molecule has 0 saturated carbocycles. The number of hydroxylamine groups is 1. The van der Waals surface area contributed by atoms with E-state index in [1.807, 2.05) is 19.2 Å². The van der Waals surface area contributed by atoms with Crippen LogP contribution in [0, 0.1) is 0 Å². The number of anilines is 2. The summed E-state index contributed by atoms with van der Waals surface area (Å²) in [5.74, 6) is -0.0449. The molecule has 0 amide bonds. The molecule has 5 heteroatoms. The summed E-state index contributed by atoms with van der Waals surface area (Å²) < 4.78 is 0. The van der Waals surface area contributed by atoms with Gasteiger partial charge >= 0.3 is 0 Å². The molecule has 1 atom stereocenters. The van der Waals surface area contributed by atoms with Gasteiger partial charge in [-0.3, -0.25) is 15.3 Å². The van der Waals surface area contributed by atoms with Crippen LogP contribution in [0.5, 0.6) is 0 Å². The fourth-order valence-electron chi connectivity index (χ4n) is 7.80. The predicted octanol–water partition coefficient (Wildman–Crippen LogP) is 12.7. The molecule has 0 aliphatic carbocycles. The van der Waals surface area contributed by atoms with Gasteiger partial charge in [0, 0.05) is 52.7 Å². The summed E-state index contributed by atoms with van der Waals surface area (Å²) in [4.78, 5) is 4.62. The summed E-state index contributed by atoms with van der Waals surface area (Å²) in [6, 6.07) is 62.0. The largest absolute Gasteiger partial charge is 0.386 e. The fourth-order valence-corrected chi connectivity index (χ4v) is 7.80. The van der Waals surface area contributed by atoms with Crippen molar-refractivity contribution in [1.29, 1.82) is 0 Å². The van der Waals surface area contributed by atoms with Gasteiger partial charge in [-0.15, -0.1) is 0 Å². The third-order valence-corrected chi connectivity index (χ3v) is 10.3. The van der Waals surface area contributed by atoms with Crippen LogP contribution in [0.4, 0.5) is 11.4 Å². The van der Waals surface area contributed by atoms with Crippen LogP contribution in [0.25, 0.3) is 60.6 Å². The summed E-state index contributed by atoms with van der Waals surface area (Å²) in [5, 5.41) is 19.5. The normalized spacial score (nSPS) is 11.9. The second kappa shape index (κ2) is 16.8. The molecule has 265 valence electrons. The quantitative estimate of drug-likeness (QED) is 0.0824. The van der Waals surface area contributed by atoms with Crippen molar-refractivity contribution in [3.05, 3.63) is 199 Å². The van der Waals surface area contributed by atoms with Crippen LogP contribution < -0.4 is 10.4 Å². The van der Waals surface area contributed by atoms with E-state index in [2.05, 4.69) is 187 Å². The van der Waals surface area contributed by atoms with E-state index in [0.717, 1.165) is 55.2 Å². The SMILES string of the molecule is C=N/C(=C\C(c1ccccc1)c1ccccc1-c1ccccc1)c1ccc(-c2c3ccccc3c(-c3ccc(NC)c(N(C)O)c3)c3ccccc23)cc1.[Y]. The summed E-state index contributed by atoms with van der Waals surface area (Å²) in [6.07, 6.45) is 2.25. The Morgan fingerprint density at radius 3 is 1.69 bits per heavy atom. The topological polar surface area (TPSA) is 47.9 Å². The molecule has 0 aliphatic heterocycles. The molecule has 8 aromatic rings. The minimum atomic E-state index is -0.0449. The molecule has 0 saturated heterocycles. The van der Waals surface area contributed by atoms with Gasteiger partial charge in [0.05, 0.1) is 17.1 Å². The van der Waals surface area contributed by atoms with Crippen LogP contribution in [0.2, 0.25) is 0 Å². The Morgan fingerprint density at radius 2 is 1.13 bits per heavy atom. The van der Waals surface area contributed by atoms with Crippen molar-refractivity contribution >= 4 is 45.3 Å². The smallest absolute Gasteiger partial charge is 0.0868 e. The van der Waals surface area contributed by atoms with Crippen molar-refractivity contribution in [2.75, 3.05) is 24.5 Å². The Balaban J connectivity index is 0.00000465. The minimum Gasteiger partial charge on any atom is -0.386 e. The van der Waals surface area contributed by atoms with Crippen LogP contribution in [-0.2, 0) is 32.7 Å². The van der Waals surface area contributed by atoms with Gasteiger partial charge in [-0.05, 0) is 96.5 Å². The molecule has 1 unspecified atom stereocenters. The van der Waals surface area contributed by atoms with Crippen LogP contribution in [-0.4, -0.2) is 26.0 Å². The molecule has 0 heterocycles. The summed E-state index contributed by atoms with van der Waals surface area (Å²) in [7, 11) is 3.51. The van der Waals surface area contributed by atoms with Crippen LogP contribution in [0.1, 0.15) is 22.6 Å². The van der Waals surface area contributed by atoms with Crippen LogP contribution in [0.15, 0.2) is 187 Å². The van der Waals surface area contributed by atoms with Gasteiger partial charge in [-0.25, -0.2) is 0 Å². The zero-order chi connectivity index (χ0) is 37.0. The molecule has 8 aromatic carbocycles. The molecule has 0 bridgehead atoms. The van der Waals surface area contributed by atoms with Gasteiger partial charge in [0.25, 0.3) is 0 Å². The monoisotopic (exact) mass is 788 g/mol. The Kier molecular flexibility index (Phi) is 11.5. The molecule has 0 fully saturated rings. The first-order valence-electron chi connectivity index (χ1n) is 18.2. The molecule has 2 N–H and O–H groups in total. The first kappa shape index (κ1) is 37.7. The van der Waals surface area contributed by atoms with Crippen LogP contribution >= 0.6 is 0 Å². The van der Waals surface area contributed by atoms with Crippen LogP contribution in [0.3, 0.4) is 0 Å². The fraction of sp³-hybridized carbons (Fsp3) is 0.0600. The van der Waals surface area contributed by atoms with Crippen molar-refractivity contribution in [2.45, 2.75) is 5.92 Å². The maximum absolute atomic E-state index is 10.5. The Labute approximate surface area is 348 Å².